The van der Waals surface area contributed by atoms with Gasteiger partial charge in [-0.15, -0.1) is 5.10 Å². The Balaban J connectivity index is 1.61. The standard InChI is InChI=1S/C26H20N4O3/c27-21-15-7-13-19(24(21)31-17-9-3-1-4-10-17)23-26(33-30-29-23)20-14-8-16-22(28)25(20)32-18-11-5-2-6-12-18/h1-16H,27-28H2. The Morgan fingerprint density at radius 2 is 1.09 bits per heavy atom. The van der Waals surface area contributed by atoms with Gasteiger partial charge in [0.25, 0.3) is 0 Å². The third-order valence-corrected chi connectivity index (χ3v) is 5.00. The van der Waals surface area contributed by atoms with Crippen molar-refractivity contribution in [1.29, 1.82) is 0 Å². The minimum absolute atomic E-state index is 0.386. The van der Waals surface area contributed by atoms with Crippen LogP contribution in [0, 0.1) is 0 Å². The lowest BCUT2D eigenvalue weighted by molar-refractivity contribution is 0.401. The van der Waals surface area contributed by atoms with Gasteiger partial charge in [-0.3, -0.25) is 0 Å². The molecule has 0 saturated heterocycles. The fourth-order valence-corrected chi connectivity index (χ4v) is 3.46. The van der Waals surface area contributed by atoms with E-state index in [2.05, 4.69) is 10.4 Å². The van der Waals surface area contributed by atoms with Crippen LogP contribution in [0.1, 0.15) is 0 Å². The summed E-state index contributed by atoms with van der Waals surface area (Å²) in [5, 5.41) is 8.05. The highest BCUT2D eigenvalue weighted by atomic mass is 16.5. The number of ether oxygens (including phenoxy) is 2. The molecule has 1 aromatic heterocycles. The zero-order valence-corrected chi connectivity index (χ0v) is 17.5. The summed E-state index contributed by atoms with van der Waals surface area (Å²) in [6.45, 7) is 0. The second-order valence-electron chi connectivity index (χ2n) is 7.23. The lowest BCUT2D eigenvalue weighted by atomic mass is 10.0. The number of nitrogens with two attached hydrogens (primary N) is 2. The van der Waals surface area contributed by atoms with Gasteiger partial charge < -0.3 is 25.5 Å². The SMILES string of the molecule is Nc1cccc(-c2nnoc2-c2cccc(N)c2Oc2ccccc2)c1Oc1ccccc1. The van der Waals surface area contributed by atoms with Crippen molar-refractivity contribution in [2.24, 2.45) is 0 Å². The van der Waals surface area contributed by atoms with Crippen LogP contribution in [0.2, 0.25) is 0 Å². The molecule has 0 fully saturated rings. The molecule has 1 heterocycles. The number of nitrogens with zero attached hydrogens (tertiary/aromatic N) is 2. The van der Waals surface area contributed by atoms with Crippen molar-refractivity contribution in [2.45, 2.75) is 0 Å². The summed E-state index contributed by atoms with van der Waals surface area (Å²) in [7, 11) is 0. The number of para-hydroxylation sites is 4. The van der Waals surface area contributed by atoms with E-state index < -0.39 is 0 Å². The molecule has 0 radical (unpaired) electrons. The number of hydrogen-bond acceptors (Lipinski definition) is 7. The molecule has 0 spiro atoms. The Bertz CT molecular complexity index is 1280. The van der Waals surface area contributed by atoms with E-state index >= 15 is 0 Å². The monoisotopic (exact) mass is 436 g/mol. The Hall–Kier alpha value is -4.78. The molecule has 4 aromatic carbocycles. The van der Waals surface area contributed by atoms with Crippen molar-refractivity contribution in [3.63, 3.8) is 0 Å². The summed E-state index contributed by atoms with van der Waals surface area (Å²) < 4.78 is 17.8. The van der Waals surface area contributed by atoms with Gasteiger partial charge in [-0.1, -0.05) is 48.5 Å². The maximum atomic E-state index is 6.27. The lowest BCUT2D eigenvalue weighted by Gasteiger charge is -2.14. The van der Waals surface area contributed by atoms with Crippen molar-refractivity contribution in [2.75, 3.05) is 11.5 Å². The summed E-state index contributed by atoms with van der Waals surface area (Å²) in [6, 6.07) is 29.6. The molecule has 7 heteroatoms. The first-order valence-electron chi connectivity index (χ1n) is 10.3. The van der Waals surface area contributed by atoms with Crippen LogP contribution in [0.25, 0.3) is 22.6 Å². The van der Waals surface area contributed by atoms with E-state index in [0.29, 0.717) is 57.0 Å². The minimum Gasteiger partial charge on any atom is -0.454 e. The molecule has 0 amide bonds. The van der Waals surface area contributed by atoms with E-state index in [9.17, 15) is 0 Å². The predicted molar refractivity (Wildman–Crippen MR) is 127 cm³/mol. The van der Waals surface area contributed by atoms with Gasteiger partial charge in [-0.2, -0.15) is 0 Å². The first kappa shape index (κ1) is 20.1. The third-order valence-electron chi connectivity index (χ3n) is 5.00. The van der Waals surface area contributed by atoms with E-state index in [1.54, 1.807) is 12.1 Å². The summed E-state index contributed by atoms with van der Waals surface area (Å²) in [6.07, 6.45) is 0. The summed E-state index contributed by atoms with van der Waals surface area (Å²) in [4.78, 5) is 0. The van der Waals surface area contributed by atoms with E-state index in [0.717, 1.165) is 0 Å². The highest BCUT2D eigenvalue weighted by Gasteiger charge is 2.24. The minimum atomic E-state index is 0.386. The van der Waals surface area contributed by atoms with Crippen molar-refractivity contribution in [3.8, 4) is 45.6 Å². The number of hydrogen-bond donors (Lipinski definition) is 2. The zero-order valence-electron chi connectivity index (χ0n) is 17.5. The Kier molecular flexibility index (Phi) is 5.35. The van der Waals surface area contributed by atoms with E-state index in [1.165, 1.54) is 0 Å². The third kappa shape index (κ3) is 4.07. The molecule has 0 unspecified atom stereocenters. The van der Waals surface area contributed by atoms with Gasteiger partial charge in [0.05, 0.1) is 22.5 Å². The molecule has 33 heavy (non-hydrogen) atoms. The molecule has 162 valence electrons. The molecule has 0 atom stereocenters. The largest absolute Gasteiger partial charge is 0.454 e. The van der Waals surface area contributed by atoms with Crippen molar-refractivity contribution in [3.05, 3.63) is 97.1 Å². The smallest absolute Gasteiger partial charge is 0.199 e. The van der Waals surface area contributed by atoms with Gasteiger partial charge >= 0.3 is 0 Å². The number of benzene rings is 4. The average Bonchev–Trinajstić information content (AvgIpc) is 3.32. The number of nitrogen functional groups attached to an aromatic ring is 2. The second-order valence-corrected chi connectivity index (χ2v) is 7.23. The molecule has 0 bridgehead atoms. The lowest BCUT2D eigenvalue weighted by Crippen LogP contribution is -1.97. The van der Waals surface area contributed by atoms with E-state index in [4.69, 9.17) is 25.5 Å². The van der Waals surface area contributed by atoms with Gasteiger partial charge in [0.2, 0.25) is 0 Å². The highest BCUT2D eigenvalue weighted by Crippen LogP contribution is 2.45. The van der Waals surface area contributed by atoms with Crippen molar-refractivity contribution < 1.29 is 14.0 Å². The second kappa shape index (κ2) is 8.76. The van der Waals surface area contributed by atoms with Crippen LogP contribution < -0.4 is 20.9 Å². The van der Waals surface area contributed by atoms with Gasteiger partial charge in [0.1, 0.15) is 17.2 Å². The molecule has 0 aliphatic heterocycles. The fraction of sp³-hybridized carbons (Fsp3) is 0. The van der Waals surface area contributed by atoms with Crippen LogP contribution in [0.15, 0.2) is 102 Å². The molecule has 0 saturated carbocycles. The number of aromatic nitrogens is 2. The molecule has 5 rings (SSSR count). The van der Waals surface area contributed by atoms with Crippen LogP contribution in [0.5, 0.6) is 23.0 Å². The maximum Gasteiger partial charge on any atom is 0.199 e. The van der Waals surface area contributed by atoms with Gasteiger partial charge in [-0.25, -0.2) is 0 Å². The number of anilines is 2. The predicted octanol–water partition coefficient (Wildman–Crippen LogP) is 6.15. The van der Waals surface area contributed by atoms with Gasteiger partial charge in [-0.05, 0) is 48.5 Å². The van der Waals surface area contributed by atoms with E-state index in [-0.39, 0.29) is 0 Å². The Morgan fingerprint density at radius 1 is 0.576 bits per heavy atom. The Morgan fingerprint density at radius 3 is 1.67 bits per heavy atom. The van der Waals surface area contributed by atoms with Crippen molar-refractivity contribution in [1.82, 2.24) is 10.4 Å². The Labute approximate surface area is 190 Å². The molecule has 7 nitrogen and oxygen atoms in total. The maximum absolute atomic E-state index is 6.27. The van der Waals surface area contributed by atoms with Crippen molar-refractivity contribution >= 4 is 11.4 Å². The molecule has 0 aliphatic rings. The van der Waals surface area contributed by atoms with Gasteiger partial charge in [0, 0.05) is 5.27 Å². The summed E-state index contributed by atoms with van der Waals surface area (Å²) in [5.74, 6) is 2.57. The van der Waals surface area contributed by atoms with Crippen LogP contribution >= 0.6 is 0 Å². The van der Waals surface area contributed by atoms with Crippen LogP contribution in [-0.2, 0) is 0 Å². The molecule has 5 aromatic rings. The zero-order chi connectivity index (χ0) is 22.6. The highest BCUT2D eigenvalue weighted by molar-refractivity contribution is 5.87. The van der Waals surface area contributed by atoms with E-state index in [1.807, 2.05) is 84.9 Å². The van der Waals surface area contributed by atoms with Crippen LogP contribution in [0.3, 0.4) is 0 Å². The molecule has 4 N–H and O–H groups in total. The van der Waals surface area contributed by atoms with Crippen LogP contribution in [-0.4, -0.2) is 10.4 Å². The molecular weight excluding hydrogens is 416 g/mol. The fourth-order valence-electron chi connectivity index (χ4n) is 3.46. The normalized spacial score (nSPS) is 10.7. The molecular formula is C26H20N4O3. The molecule has 0 aliphatic carbocycles. The number of rotatable bonds is 6. The summed E-state index contributed by atoms with van der Waals surface area (Å²) >= 11 is 0. The first-order chi connectivity index (χ1) is 16.2. The first-order valence-corrected chi connectivity index (χ1v) is 10.3. The average molecular weight is 436 g/mol. The topological polar surface area (TPSA) is 109 Å². The van der Waals surface area contributed by atoms with Crippen LogP contribution in [0.4, 0.5) is 11.4 Å². The summed E-state index contributed by atoms with van der Waals surface area (Å²) in [5.41, 5.74) is 15.1. The quantitative estimate of drug-likeness (QED) is 0.307. The van der Waals surface area contributed by atoms with Gasteiger partial charge in [0.15, 0.2) is 17.3 Å².